The van der Waals surface area contributed by atoms with E-state index in [0.717, 1.165) is 11.1 Å². The second-order valence-electron chi connectivity index (χ2n) is 6.88. The molecule has 0 saturated carbocycles. The Morgan fingerprint density at radius 1 is 1.14 bits per heavy atom. The van der Waals surface area contributed by atoms with Gasteiger partial charge >= 0.3 is 12.1 Å². The molecule has 3 rings (SSSR count). The number of methoxy groups -OCH3 is 1. The third kappa shape index (κ3) is 5.85. The molecule has 0 aliphatic carbocycles. The summed E-state index contributed by atoms with van der Waals surface area (Å²) < 4.78 is 10.4. The van der Waals surface area contributed by atoms with E-state index in [4.69, 9.17) is 21.1 Å². The predicted octanol–water partition coefficient (Wildman–Crippen LogP) is 4.19. The van der Waals surface area contributed by atoms with Crippen LogP contribution in [0.4, 0.5) is 15.3 Å². The summed E-state index contributed by atoms with van der Waals surface area (Å²) in [7, 11) is 1.64. The van der Waals surface area contributed by atoms with Crippen molar-refractivity contribution in [3.63, 3.8) is 0 Å². The number of carbonyl (C=O) groups excluding carboxylic acids is 2. The predicted molar refractivity (Wildman–Crippen MR) is 111 cm³/mol. The highest BCUT2D eigenvalue weighted by atomic mass is 35.5. The Bertz CT molecular complexity index is 836. The van der Waals surface area contributed by atoms with Crippen molar-refractivity contribution in [2.24, 2.45) is 0 Å². The molecule has 2 aromatic rings. The number of rotatable bonds is 6. The van der Waals surface area contributed by atoms with Gasteiger partial charge in [0, 0.05) is 17.8 Å². The van der Waals surface area contributed by atoms with Crippen LogP contribution in [-0.2, 0) is 16.1 Å². The van der Waals surface area contributed by atoms with Crippen LogP contribution in [-0.4, -0.2) is 43.3 Å². The number of ether oxygens (including phenoxy) is 2. The number of nitrogens with zero attached hydrogens (tertiary/aromatic N) is 1. The second-order valence-corrected chi connectivity index (χ2v) is 7.32. The zero-order chi connectivity index (χ0) is 20.8. The molecule has 1 aliphatic heterocycles. The molecule has 2 aromatic carbocycles. The third-order valence-electron chi connectivity index (χ3n) is 4.75. The monoisotopic (exact) mass is 417 g/mol. The van der Waals surface area contributed by atoms with Crippen LogP contribution < -0.4 is 10.6 Å². The van der Waals surface area contributed by atoms with E-state index in [9.17, 15) is 9.59 Å². The molecule has 1 fully saturated rings. The van der Waals surface area contributed by atoms with Crippen molar-refractivity contribution in [2.75, 3.05) is 25.5 Å². The molecule has 0 aromatic heterocycles. The number of hydrogen-bond donors (Lipinski definition) is 2. The fourth-order valence-corrected chi connectivity index (χ4v) is 2.98. The summed E-state index contributed by atoms with van der Waals surface area (Å²) in [5, 5.41) is 6.27. The summed E-state index contributed by atoms with van der Waals surface area (Å²) in [5.74, 6) is 0. The summed E-state index contributed by atoms with van der Waals surface area (Å²) in [4.78, 5) is 25.8. The molecule has 0 radical (unpaired) electrons. The number of likely N-dealkylation sites (tertiary alicyclic amines) is 1. The van der Waals surface area contributed by atoms with Crippen molar-refractivity contribution >= 4 is 29.4 Å². The van der Waals surface area contributed by atoms with Crippen molar-refractivity contribution in [3.05, 3.63) is 64.7 Å². The molecule has 1 saturated heterocycles. The smallest absolute Gasteiger partial charge is 0.411 e. The standard InChI is InChI=1S/C21H24ClN3O4/c1-14(23-20(26)25-11-19(12-25)28-2)16-5-9-18(10-6-16)24-21(27)29-13-15-3-7-17(22)8-4-15/h3-10,14,19H,11-13H2,1-2H3,(H,23,26)(H,24,27)/t14-/m0/s1. The number of urea groups is 1. The van der Waals surface area contributed by atoms with Gasteiger partial charge in [-0.3, -0.25) is 5.32 Å². The summed E-state index contributed by atoms with van der Waals surface area (Å²) in [5.41, 5.74) is 2.39. The first-order valence-electron chi connectivity index (χ1n) is 9.31. The van der Waals surface area contributed by atoms with E-state index in [-0.39, 0.29) is 24.8 Å². The summed E-state index contributed by atoms with van der Waals surface area (Å²) in [6, 6.07) is 14.1. The van der Waals surface area contributed by atoms with E-state index in [1.807, 2.05) is 19.1 Å². The minimum Gasteiger partial charge on any atom is -0.444 e. The fraction of sp³-hybridized carbons (Fsp3) is 0.333. The van der Waals surface area contributed by atoms with Crippen LogP contribution in [0.25, 0.3) is 0 Å². The Morgan fingerprint density at radius 2 is 1.79 bits per heavy atom. The van der Waals surface area contributed by atoms with Gasteiger partial charge in [-0.1, -0.05) is 35.9 Å². The molecular weight excluding hydrogens is 394 g/mol. The van der Waals surface area contributed by atoms with Crippen LogP contribution in [0.1, 0.15) is 24.1 Å². The van der Waals surface area contributed by atoms with Gasteiger partial charge in [-0.05, 0) is 42.3 Å². The summed E-state index contributed by atoms with van der Waals surface area (Å²) >= 11 is 5.83. The first kappa shape index (κ1) is 21.0. The number of hydrogen-bond acceptors (Lipinski definition) is 4. The van der Waals surface area contributed by atoms with Gasteiger partial charge < -0.3 is 19.7 Å². The Morgan fingerprint density at radius 3 is 2.41 bits per heavy atom. The molecular formula is C21H24ClN3O4. The highest BCUT2D eigenvalue weighted by Crippen LogP contribution is 2.18. The lowest BCUT2D eigenvalue weighted by Gasteiger charge is -2.38. The molecule has 8 heteroatoms. The Kier molecular flexibility index (Phi) is 6.95. The SMILES string of the molecule is COC1CN(C(=O)N[C@@H](C)c2ccc(NC(=O)OCc3ccc(Cl)cc3)cc2)C1. The van der Waals surface area contributed by atoms with Crippen molar-refractivity contribution in [2.45, 2.75) is 25.7 Å². The lowest BCUT2D eigenvalue weighted by molar-refractivity contribution is -0.00811. The van der Waals surface area contributed by atoms with E-state index < -0.39 is 6.09 Å². The second kappa shape index (κ2) is 9.62. The lowest BCUT2D eigenvalue weighted by atomic mass is 10.1. The highest BCUT2D eigenvalue weighted by molar-refractivity contribution is 6.30. The van der Waals surface area contributed by atoms with E-state index >= 15 is 0 Å². The molecule has 0 bridgehead atoms. The minimum absolute atomic E-state index is 0.112. The Balaban J connectivity index is 1.44. The largest absolute Gasteiger partial charge is 0.444 e. The van der Waals surface area contributed by atoms with Crippen LogP contribution in [0.2, 0.25) is 5.02 Å². The van der Waals surface area contributed by atoms with Gasteiger partial charge in [0.1, 0.15) is 6.61 Å². The Labute approximate surface area is 174 Å². The van der Waals surface area contributed by atoms with Crippen LogP contribution in [0.15, 0.2) is 48.5 Å². The first-order valence-corrected chi connectivity index (χ1v) is 9.69. The molecule has 154 valence electrons. The summed E-state index contributed by atoms with van der Waals surface area (Å²) in [6.07, 6.45) is -0.416. The van der Waals surface area contributed by atoms with Gasteiger partial charge in [-0.15, -0.1) is 0 Å². The number of carbonyl (C=O) groups is 2. The molecule has 1 atom stereocenters. The molecule has 29 heavy (non-hydrogen) atoms. The number of amides is 3. The van der Waals surface area contributed by atoms with E-state index in [2.05, 4.69) is 10.6 Å². The van der Waals surface area contributed by atoms with Crippen molar-refractivity contribution in [3.8, 4) is 0 Å². The van der Waals surface area contributed by atoms with Gasteiger partial charge in [0.15, 0.2) is 0 Å². The van der Waals surface area contributed by atoms with E-state index in [0.29, 0.717) is 23.8 Å². The fourth-order valence-electron chi connectivity index (χ4n) is 2.85. The van der Waals surface area contributed by atoms with Gasteiger partial charge in [0.2, 0.25) is 0 Å². The average molecular weight is 418 g/mol. The van der Waals surface area contributed by atoms with Crippen LogP contribution >= 0.6 is 11.6 Å². The van der Waals surface area contributed by atoms with E-state index in [1.165, 1.54) is 0 Å². The molecule has 2 N–H and O–H groups in total. The van der Waals surface area contributed by atoms with E-state index in [1.54, 1.807) is 48.4 Å². The number of nitrogens with one attached hydrogen (secondary N) is 2. The van der Waals surface area contributed by atoms with Crippen LogP contribution in [0, 0.1) is 0 Å². The zero-order valence-corrected chi connectivity index (χ0v) is 17.1. The molecule has 3 amide bonds. The molecule has 1 aliphatic rings. The number of halogens is 1. The topological polar surface area (TPSA) is 79.9 Å². The van der Waals surface area contributed by atoms with Gasteiger partial charge in [0.25, 0.3) is 0 Å². The van der Waals surface area contributed by atoms with Crippen LogP contribution in [0.3, 0.4) is 0 Å². The third-order valence-corrected chi connectivity index (χ3v) is 5.00. The minimum atomic E-state index is -0.542. The highest BCUT2D eigenvalue weighted by Gasteiger charge is 2.31. The maximum atomic E-state index is 12.2. The van der Waals surface area contributed by atoms with Crippen LogP contribution in [0.5, 0.6) is 0 Å². The molecule has 7 nitrogen and oxygen atoms in total. The number of anilines is 1. The maximum Gasteiger partial charge on any atom is 0.411 e. The zero-order valence-electron chi connectivity index (χ0n) is 16.4. The average Bonchev–Trinajstić information content (AvgIpc) is 2.67. The molecule has 0 unspecified atom stereocenters. The maximum absolute atomic E-state index is 12.2. The molecule has 1 heterocycles. The van der Waals surface area contributed by atoms with Gasteiger partial charge in [-0.25, -0.2) is 9.59 Å². The quantitative estimate of drug-likeness (QED) is 0.738. The van der Waals surface area contributed by atoms with Gasteiger partial charge in [0.05, 0.1) is 25.2 Å². The van der Waals surface area contributed by atoms with Crippen molar-refractivity contribution in [1.82, 2.24) is 10.2 Å². The summed E-state index contributed by atoms with van der Waals surface area (Å²) in [6.45, 7) is 3.28. The van der Waals surface area contributed by atoms with Gasteiger partial charge in [-0.2, -0.15) is 0 Å². The Hall–Kier alpha value is -2.77. The lowest BCUT2D eigenvalue weighted by Crippen LogP contribution is -2.57. The molecule has 0 spiro atoms. The van der Waals surface area contributed by atoms with Crippen molar-refractivity contribution in [1.29, 1.82) is 0 Å². The number of benzene rings is 2. The van der Waals surface area contributed by atoms with Crippen molar-refractivity contribution < 1.29 is 19.1 Å². The normalized spacial score (nSPS) is 14.7. The first-order chi connectivity index (χ1) is 13.9.